The summed E-state index contributed by atoms with van der Waals surface area (Å²) in [5.41, 5.74) is 1.57. The van der Waals surface area contributed by atoms with Gasteiger partial charge in [0.15, 0.2) is 0 Å². The van der Waals surface area contributed by atoms with Gasteiger partial charge in [-0.2, -0.15) is 0 Å². The molecule has 2 aromatic rings. The third kappa shape index (κ3) is 4.93. The van der Waals surface area contributed by atoms with Gasteiger partial charge in [-0.1, -0.05) is 41.9 Å². The molecule has 22 heavy (non-hydrogen) atoms. The molecule has 0 fully saturated rings. The number of aryl methyl sites for hydroxylation is 1. The molecule has 0 atom stereocenters. The van der Waals surface area contributed by atoms with Crippen LogP contribution in [0.4, 0.5) is 5.69 Å². The molecule has 0 aromatic heterocycles. The van der Waals surface area contributed by atoms with E-state index in [2.05, 4.69) is 4.72 Å². The van der Waals surface area contributed by atoms with E-state index >= 15 is 0 Å². The van der Waals surface area contributed by atoms with Crippen LogP contribution < -0.4 is 9.46 Å². The predicted octanol–water partition coefficient (Wildman–Crippen LogP) is 3.72. The monoisotopic (exact) mass is 339 g/mol. The Morgan fingerprint density at radius 1 is 1.14 bits per heavy atom. The fourth-order valence-corrected chi connectivity index (χ4v) is 3.44. The van der Waals surface area contributed by atoms with Gasteiger partial charge in [-0.25, -0.2) is 8.42 Å². The minimum atomic E-state index is -3.39. The first-order chi connectivity index (χ1) is 10.5. The largest absolute Gasteiger partial charge is 0.495 e. The van der Waals surface area contributed by atoms with E-state index in [4.69, 9.17) is 16.3 Å². The van der Waals surface area contributed by atoms with Crippen LogP contribution in [0.25, 0.3) is 0 Å². The summed E-state index contributed by atoms with van der Waals surface area (Å²) in [6.45, 7) is 0. The van der Waals surface area contributed by atoms with Crippen LogP contribution in [0.2, 0.25) is 5.02 Å². The van der Waals surface area contributed by atoms with Crippen molar-refractivity contribution in [2.45, 2.75) is 12.8 Å². The van der Waals surface area contributed by atoms with Crippen LogP contribution in [-0.4, -0.2) is 21.3 Å². The molecule has 0 amide bonds. The summed E-state index contributed by atoms with van der Waals surface area (Å²) in [6, 6.07) is 14.6. The molecule has 2 aromatic carbocycles. The van der Waals surface area contributed by atoms with Crippen molar-refractivity contribution in [3.8, 4) is 5.75 Å². The zero-order chi connectivity index (χ0) is 16.0. The molecular formula is C16H18ClNO3S. The highest BCUT2D eigenvalue weighted by molar-refractivity contribution is 7.92. The van der Waals surface area contributed by atoms with Gasteiger partial charge in [-0.05, 0) is 36.6 Å². The summed E-state index contributed by atoms with van der Waals surface area (Å²) >= 11 is 5.98. The highest BCUT2D eigenvalue weighted by Crippen LogP contribution is 2.27. The Labute approximate surface area is 136 Å². The lowest BCUT2D eigenvalue weighted by atomic mass is 10.1. The van der Waals surface area contributed by atoms with E-state index < -0.39 is 10.0 Å². The first-order valence-electron chi connectivity index (χ1n) is 6.88. The second kappa shape index (κ2) is 7.51. The van der Waals surface area contributed by atoms with Crippen LogP contribution in [0.15, 0.2) is 48.5 Å². The van der Waals surface area contributed by atoms with Gasteiger partial charge < -0.3 is 4.74 Å². The van der Waals surface area contributed by atoms with E-state index in [1.54, 1.807) is 12.1 Å². The van der Waals surface area contributed by atoms with Crippen LogP contribution >= 0.6 is 11.6 Å². The molecule has 2 rings (SSSR count). The lowest BCUT2D eigenvalue weighted by Gasteiger charge is -2.10. The van der Waals surface area contributed by atoms with Crippen molar-refractivity contribution < 1.29 is 13.2 Å². The molecule has 1 N–H and O–H groups in total. The van der Waals surface area contributed by atoms with Gasteiger partial charge in [0.05, 0.1) is 23.6 Å². The molecule has 0 heterocycles. The fraction of sp³-hybridized carbons (Fsp3) is 0.250. The average Bonchev–Trinajstić information content (AvgIpc) is 2.48. The Morgan fingerprint density at radius 2 is 1.86 bits per heavy atom. The summed E-state index contributed by atoms with van der Waals surface area (Å²) < 4.78 is 31.7. The molecule has 0 bridgehead atoms. The Morgan fingerprint density at radius 3 is 2.50 bits per heavy atom. The summed E-state index contributed by atoms with van der Waals surface area (Å²) in [5, 5.41) is 0.368. The van der Waals surface area contributed by atoms with Crippen LogP contribution in [-0.2, 0) is 16.4 Å². The van der Waals surface area contributed by atoms with E-state index in [1.165, 1.54) is 13.2 Å². The lowest BCUT2D eigenvalue weighted by molar-refractivity contribution is 0.415. The fourth-order valence-electron chi connectivity index (χ4n) is 2.07. The highest BCUT2D eigenvalue weighted by Gasteiger charge is 2.11. The van der Waals surface area contributed by atoms with Crippen LogP contribution in [0, 0.1) is 0 Å². The minimum absolute atomic E-state index is 0.0611. The van der Waals surface area contributed by atoms with Gasteiger partial charge in [0, 0.05) is 0 Å². The molecule has 4 nitrogen and oxygen atoms in total. The smallest absolute Gasteiger partial charge is 0.232 e. The van der Waals surface area contributed by atoms with Crippen molar-refractivity contribution in [2.24, 2.45) is 0 Å². The highest BCUT2D eigenvalue weighted by atomic mass is 35.5. The number of methoxy groups -OCH3 is 1. The van der Waals surface area contributed by atoms with Crippen LogP contribution in [0.1, 0.15) is 12.0 Å². The molecule has 6 heteroatoms. The Balaban J connectivity index is 1.92. The average molecular weight is 340 g/mol. The Bertz CT molecular complexity index is 717. The molecule has 0 radical (unpaired) electrons. The maximum atomic E-state index is 12.1. The molecule has 0 aliphatic rings. The van der Waals surface area contributed by atoms with Crippen molar-refractivity contribution in [1.29, 1.82) is 0 Å². The molecule has 0 spiro atoms. The predicted molar refractivity (Wildman–Crippen MR) is 90.2 cm³/mol. The van der Waals surface area contributed by atoms with Gasteiger partial charge in [-0.3, -0.25) is 4.72 Å². The van der Waals surface area contributed by atoms with E-state index in [9.17, 15) is 8.42 Å². The number of benzene rings is 2. The molecule has 0 saturated carbocycles. The van der Waals surface area contributed by atoms with Gasteiger partial charge in [0.25, 0.3) is 0 Å². The molecule has 0 saturated heterocycles. The standard InChI is InChI=1S/C16H18ClNO3S/c1-21-16-10-9-14(12-15(16)17)18-22(19,20)11-5-8-13-6-3-2-4-7-13/h2-4,6-7,9-10,12,18H,5,8,11H2,1H3. The zero-order valence-electron chi connectivity index (χ0n) is 12.3. The van der Waals surface area contributed by atoms with Crippen molar-refractivity contribution >= 4 is 27.3 Å². The topological polar surface area (TPSA) is 55.4 Å². The van der Waals surface area contributed by atoms with Crippen molar-refractivity contribution in [3.05, 3.63) is 59.1 Å². The molecular weight excluding hydrogens is 322 g/mol. The number of ether oxygens (including phenoxy) is 1. The summed E-state index contributed by atoms with van der Waals surface area (Å²) in [7, 11) is -1.88. The van der Waals surface area contributed by atoms with E-state index in [-0.39, 0.29) is 5.75 Å². The number of hydrogen-bond acceptors (Lipinski definition) is 3. The normalized spacial score (nSPS) is 11.2. The van der Waals surface area contributed by atoms with E-state index in [0.29, 0.717) is 22.9 Å². The first-order valence-corrected chi connectivity index (χ1v) is 8.91. The van der Waals surface area contributed by atoms with Crippen molar-refractivity contribution in [1.82, 2.24) is 0 Å². The minimum Gasteiger partial charge on any atom is -0.495 e. The van der Waals surface area contributed by atoms with Gasteiger partial charge in [-0.15, -0.1) is 0 Å². The third-order valence-electron chi connectivity index (χ3n) is 3.15. The molecule has 0 aliphatic carbocycles. The summed E-state index contributed by atoms with van der Waals surface area (Å²) in [4.78, 5) is 0. The summed E-state index contributed by atoms with van der Waals surface area (Å²) in [5.74, 6) is 0.569. The second-order valence-electron chi connectivity index (χ2n) is 4.86. The number of nitrogens with one attached hydrogen (secondary N) is 1. The van der Waals surface area contributed by atoms with Crippen molar-refractivity contribution in [3.63, 3.8) is 0 Å². The summed E-state index contributed by atoms with van der Waals surface area (Å²) in [6.07, 6.45) is 1.29. The van der Waals surface area contributed by atoms with Gasteiger partial charge >= 0.3 is 0 Å². The number of hydrogen-bond donors (Lipinski definition) is 1. The van der Waals surface area contributed by atoms with Crippen LogP contribution in [0.5, 0.6) is 5.75 Å². The molecule has 0 unspecified atom stereocenters. The second-order valence-corrected chi connectivity index (χ2v) is 7.11. The maximum Gasteiger partial charge on any atom is 0.232 e. The van der Waals surface area contributed by atoms with Crippen molar-refractivity contribution in [2.75, 3.05) is 17.6 Å². The van der Waals surface area contributed by atoms with Gasteiger partial charge in [0.1, 0.15) is 5.75 Å². The SMILES string of the molecule is COc1ccc(NS(=O)(=O)CCCc2ccccc2)cc1Cl. The number of rotatable bonds is 7. The molecule has 118 valence electrons. The Kier molecular flexibility index (Phi) is 5.69. The molecule has 0 aliphatic heterocycles. The number of sulfonamides is 1. The number of anilines is 1. The van der Waals surface area contributed by atoms with E-state index in [0.717, 1.165) is 12.0 Å². The Hall–Kier alpha value is -1.72. The van der Waals surface area contributed by atoms with Crippen LogP contribution in [0.3, 0.4) is 0 Å². The number of halogens is 1. The zero-order valence-corrected chi connectivity index (χ0v) is 13.8. The third-order valence-corrected chi connectivity index (χ3v) is 4.81. The lowest BCUT2D eigenvalue weighted by Crippen LogP contribution is -2.17. The van der Waals surface area contributed by atoms with E-state index in [1.807, 2.05) is 30.3 Å². The maximum absolute atomic E-state index is 12.1. The first kappa shape index (κ1) is 16.6. The van der Waals surface area contributed by atoms with Gasteiger partial charge in [0.2, 0.25) is 10.0 Å². The quantitative estimate of drug-likeness (QED) is 0.836.